The molecule has 1 fully saturated rings. The number of nitrogens with zero attached hydrogens (tertiary/aromatic N) is 4. The number of pyridine rings is 1. The summed E-state index contributed by atoms with van der Waals surface area (Å²) in [4.78, 5) is 27.1. The number of ether oxygens (including phenoxy) is 1. The molecule has 0 aromatic carbocycles. The van der Waals surface area contributed by atoms with Crippen molar-refractivity contribution in [1.29, 1.82) is 0 Å². The Morgan fingerprint density at radius 2 is 2.17 bits per heavy atom. The number of hydrogen-bond acceptors (Lipinski definition) is 6. The van der Waals surface area contributed by atoms with Crippen LogP contribution in [0.3, 0.4) is 0 Å². The van der Waals surface area contributed by atoms with Crippen LogP contribution in [0, 0.1) is 5.92 Å². The topological polar surface area (TPSA) is 80.2 Å². The minimum Gasteiger partial charge on any atom is -0.497 e. The molecule has 0 saturated carbocycles. The molecule has 126 valence electrons. The minimum absolute atomic E-state index is 0.179. The molecular weight excluding hydrogens is 306 g/mol. The smallest absolute Gasteiger partial charge is 0.270 e. The van der Waals surface area contributed by atoms with Crippen LogP contribution in [0.5, 0.6) is 5.75 Å². The second kappa shape index (κ2) is 7.72. The Balaban J connectivity index is 1.55. The van der Waals surface area contributed by atoms with E-state index in [9.17, 15) is 4.79 Å². The molecule has 1 saturated heterocycles. The van der Waals surface area contributed by atoms with E-state index in [-0.39, 0.29) is 5.91 Å². The molecule has 1 aliphatic rings. The number of rotatable bonds is 5. The molecule has 0 unspecified atom stereocenters. The van der Waals surface area contributed by atoms with Gasteiger partial charge in [0.05, 0.1) is 7.11 Å². The normalized spacial score (nSPS) is 17.4. The predicted octanol–water partition coefficient (Wildman–Crippen LogP) is 1.53. The van der Waals surface area contributed by atoms with E-state index in [0.717, 1.165) is 31.9 Å². The van der Waals surface area contributed by atoms with Crippen molar-refractivity contribution in [3.8, 4) is 5.75 Å². The van der Waals surface area contributed by atoms with Crippen LogP contribution in [-0.2, 0) is 0 Å². The molecule has 24 heavy (non-hydrogen) atoms. The number of aromatic nitrogens is 3. The number of anilines is 1. The molecule has 2 aromatic heterocycles. The van der Waals surface area contributed by atoms with E-state index in [1.807, 2.05) is 6.07 Å². The van der Waals surface area contributed by atoms with Crippen LogP contribution in [0.15, 0.2) is 36.8 Å². The first-order valence-corrected chi connectivity index (χ1v) is 8.06. The molecule has 3 rings (SSSR count). The van der Waals surface area contributed by atoms with Crippen molar-refractivity contribution >= 4 is 11.9 Å². The van der Waals surface area contributed by atoms with Crippen molar-refractivity contribution in [2.24, 2.45) is 5.92 Å². The Morgan fingerprint density at radius 3 is 2.96 bits per heavy atom. The second-order valence-corrected chi connectivity index (χ2v) is 5.79. The highest BCUT2D eigenvalue weighted by Gasteiger charge is 2.22. The number of amides is 1. The summed E-state index contributed by atoms with van der Waals surface area (Å²) < 4.78 is 5.12. The van der Waals surface area contributed by atoms with E-state index in [1.54, 1.807) is 37.8 Å². The third-order valence-electron chi connectivity index (χ3n) is 4.11. The molecular formula is C17H21N5O2. The van der Waals surface area contributed by atoms with Gasteiger partial charge in [-0.2, -0.15) is 0 Å². The highest BCUT2D eigenvalue weighted by atomic mass is 16.5. The van der Waals surface area contributed by atoms with Crippen molar-refractivity contribution in [3.05, 3.63) is 42.5 Å². The summed E-state index contributed by atoms with van der Waals surface area (Å²) in [7, 11) is 1.57. The Kier molecular flexibility index (Phi) is 5.20. The maximum absolute atomic E-state index is 12.2. The van der Waals surface area contributed by atoms with Crippen LogP contribution in [-0.4, -0.2) is 47.6 Å². The lowest BCUT2D eigenvalue weighted by Crippen LogP contribution is -2.41. The van der Waals surface area contributed by atoms with E-state index >= 15 is 0 Å². The molecule has 1 aliphatic heterocycles. The summed E-state index contributed by atoms with van der Waals surface area (Å²) in [5.74, 6) is 1.57. The lowest BCUT2D eigenvalue weighted by atomic mass is 9.98. The SMILES string of the molecule is COc1ccnc(C(=O)NC[C@H]2CCCN(c3ncccn3)C2)c1. The van der Waals surface area contributed by atoms with E-state index in [2.05, 4.69) is 25.2 Å². The van der Waals surface area contributed by atoms with Crippen LogP contribution in [0.1, 0.15) is 23.3 Å². The highest BCUT2D eigenvalue weighted by Crippen LogP contribution is 2.19. The maximum atomic E-state index is 12.2. The van der Waals surface area contributed by atoms with E-state index in [1.165, 1.54) is 0 Å². The monoisotopic (exact) mass is 327 g/mol. The number of carbonyl (C=O) groups is 1. The molecule has 1 atom stereocenters. The lowest BCUT2D eigenvalue weighted by molar-refractivity contribution is 0.0940. The van der Waals surface area contributed by atoms with Gasteiger partial charge in [0.2, 0.25) is 5.95 Å². The molecule has 0 aliphatic carbocycles. The van der Waals surface area contributed by atoms with Gasteiger partial charge in [-0.1, -0.05) is 0 Å². The summed E-state index contributed by atoms with van der Waals surface area (Å²) in [5, 5.41) is 2.97. The molecule has 3 heterocycles. The maximum Gasteiger partial charge on any atom is 0.270 e. The quantitative estimate of drug-likeness (QED) is 0.897. The summed E-state index contributed by atoms with van der Waals surface area (Å²) >= 11 is 0. The van der Waals surface area contributed by atoms with Crippen LogP contribution in [0.2, 0.25) is 0 Å². The highest BCUT2D eigenvalue weighted by molar-refractivity contribution is 5.92. The molecule has 0 radical (unpaired) electrons. The standard InChI is InChI=1S/C17H21N5O2/c1-24-14-5-8-18-15(10-14)16(23)21-11-13-4-2-9-22(12-13)17-19-6-3-7-20-17/h3,5-8,10,13H,2,4,9,11-12H2,1H3,(H,21,23)/t13-/m1/s1. The lowest BCUT2D eigenvalue weighted by Gasteiger charge is -2.32. The van der Waals surface area contributed by atoms with Gasteiger partial charge in [-0.15, -0.1) is 0 Å². The zero-order chi connectivity index (χ0) is 16.8. The fraction of sp³-hybridized carbons (Fsp3) is 0.412. The van der Waals surface area contributed by atoms with Gasteiger partial charge < -0.3 is 15.0 Å². The predicted molar refractivity (Wildman–Crippen MR) is 90.1 cm³/mol. The largest absolute Gasteiger partial charge is 0.497 e. The average molecular weight is 327 g/mol. The number of nitrogens with one attached hydrogen (secondary N) is 1. The first kappa shape index (κ1) is 16.2. The summed E-state index contributed by atoms with van der Waals surface area (Å²) in [6.07, 6.45) is 7.22. The van der Waals surface area contributed by atoms with Gasteiger partial charge in [0.25, 0.3) is 5.91 Å². The van der Waals surface area contributed by atoms with Crippen LogP contribution in [0.25, 0.3) is 0 Å². The van der Waals surface area contributed by atoms with Crippen LogP contribution < -0.4 is 15.0 Å². The Bertz CT molecular complexity index is 680. The fourth-order valence-electron chi connectivity index (χ4n) is 2.86. The summed E-state index contributed by atoms with van der Waals surface area (Å²) in [6, 6.07) is 5.17. The molecule has 7 heteroatoms. The van der Waals surface area contributed by atoms with Crippen LogP contribution >= 0.6 is 0 Å². The van der Waals surface area contributed by atoms with Crippen molar-refractivity contribution in [3.63, 3.8) is 0 Å². The summed E-state index contributed by atoms with van der Waals surface area (Å²) in [6.45, 7) is 2.41. The van der Waals surface area contributed by atoms with Gasteiger partial charge in [-0.3, -0.25) is 9.78 Å². The third-order valence-corrected chi connectivity index (χ3v) is 4.11. The fourth-order valence-corrected chi connectivity index (χ4v) is 2.86. The Hall–Kier alpha value is -2.70. The van der Waals surface area contributed by atoms with Gasteiger partial charge in [-0.05, 0) is 30.9 Å². The number of carbonyl (C=O) groups excluding carboxylic acids is 1. The summed E-state index contributed by atoms with van der Waals surface area (Å²) in [5.41, 5.74) is 0.369. The van der Waals surface area contributed by atoms with Gasteiger partial charge in [0, 0.05) is 44.3 Å². The Labute approximate surface area is 141 Å². The third kappa shape index (κ3) is 3.98. The number of methoxy groups -OCH3 is 1. The van der Waals surface area contributed by atoms with Gasteiger partial charge >= 0.3 is 0 Å². The van der Waals surface area contributed by atoms with E-state index in [4.69, 9.17) is 4.74 Å². The first-order chi connectivity index (χ1) is 11.8. The zero-order valence-corrected chi connectivity index (χ0v) is 13.7. The van der Waals surface area contributed by atoms with Gasteiger partial charge in [0.1, 0.15) is 11.4 Å². The van der Waals surface area contributed by atoms with Crippen molar-refractivity contribution in [1.82, 2.24) is 20.3 Å². The molecule has 7 nitrogen and oxygen atoms in total. The van der Waals surface area contributed by atoms with Gasteiger partial charge in [-0.25, -0.2) is 9.97 Å². The van der Waals surface area contributed by atoms with E-state index < -0.39 is 0 Å². The molecule has 1 amide bonds. The van der Waals surface area contributed by atoms with Crippen molar-refractivity contribution in [2.75, 3.05) is 31.6 Å². The van der Waals surface area contributed by atoms with Crippen molar-refractivity contribution < 1.29 is 9.53 Å². The molecule has 0 bridgehead atoms. The zero-order valence-electron chi connectivity index (χ0n) is 13.7. The molecule has 0 spiro atoms. The number of hydrogen-bond donors (Lipinski definition) is 1. The molecule has 1 N–H and O–H groups in total. The van der Waals surface area contributed by atoms with Crippen LogP contribution in [0.4, 0.5) is 5.95 Å². The number of piperidine rings is 1. The molecule has 2 aromatic rings. The van der Waals surface area contributed by atoms with Gasteiger partial charge in [0.15, 0.2) is 0 Å². The Morgan fingerprint density at radius 1 is 1.33 bits per heavy atom. The first-order valence-electron chi connectivity index (χ1n) is 8.06. The average Bonchev–Trinajstić information content (AvgIpc) is 2.67. The minimum atomic E-state index is -0.179. The second-order valence-electron chi connectivity index (χ2n) is 5.79. The van der Waals surface area contributed by atoms with E-state index in [0.29, 0.717) is 23.9 Å². The van der Waals surface area contributed by atoms with Crippen molar-refractivity contribution in [2.45, 2.75) is 12.8 Å².